The number of nitrogens with zero attached hydrogens (tertiary/aromatic N) is 3. The van der Waals surface area contributed by atoms with Gasteiger partial charge in [-0.15, -0.1) is 0 Å². The highest BCUT2D eigenvalue weighted by Gasteiger charge is 2.22. The van der Waals surface area contributed by atoms with Crippen LogP contribution < -0.4 is 5.43 Å². The average Bonchev–Trinajstić information content (AvgIpc) is 3.24. The van der Waals surface area contributed by atoms with Crippen LogP contribution in [0.25, 0.3) is 0 Å². The highest BCUT2D eigenvalue weighted by Crippen LogP contribution is 2.26. The lowest BCUT2D eigenvalue weighted by Crippen LogP contribution is -2.25. The van der Waals surface area contributed by atoms with Crippen LogP contribution in [-0.4, -0.2) is 27.6 Å². The van der Waals surface area contributed by atoms with E-state index in [1.807, 2.05) is 6.07 Å². The Balaban J connectivity index is 1.77. The Bertz CT molecular complexity index is 581. The lowest BCUT2D eigenvalue weighted by molar-refractivity contribution is -0.384. The molecule has 1 aromatic rings. The van der Waals surface area contributed by atoms with Crippen molar-refractivity contribution in [3.05, 3.63) is 39.9 Å². The third kappa shape index (κ3) is 2.93. The van der Waals surface area contributed by atoms with Crippen molar-refractivity contribution in [1.29, 1.82) is 0 Å². The van der Waals surface area contributed by atoms with Crippen molar-refractivity contribution in [2.75, 3.05) is 5.75 Å². The second kappa shape index (κ2) is 5.00. The van der Waals surface area contributed by atoms with E-state index in [9.17, 15) is 10.1 Å². The fraction of sp³-hybridized carbons (Fsp3) is 0.333. The first kappa shape index (κ1) is 12.2. The fourth-order valence-corrected chi connectivity index (χ4v) is 2.54. The largest absolute Gasteiger partial charge is 0.270 e. The van der Waals surface area contributed by atoms with E-state index < -0.39 is 4.92 Å². The minimum absolute atomic E-state index is 0.0858. The van der Waals surface area contributed by atoms with Crippen LogP contribution in [0.2, 0.25) is 0 Å². The molecule has 98 valence electrons. The molecule has 1 aliphatic heterocycles. The van der Waals surface area contributed by atoms with E-state index in [0.717, 1.165) is 29.3 Å². The summed E-state index contributed by atoms with van der Waals surface area (Å²) in [5, 5.41) is 15.8. The molecule has 0 saturated heterocycles. The van der Waals surface area contributed by atoms with Crippen molar-refractivity contribution in [3.63, 3.8) is 0 Å². The van der Waals surface area contributed by atoms with Crippen molar-refractivity contribution in [2.45, 2.75) is 18.9 Å². The quantitative estimate of drug-likeness (QED) is 0.677. The third-order valence-corrected chi connectivity index (χ3v) is 3.76. The summed E-state index contributed by atoms with van der Waals surface area (Å²) in [6.07, 6.45) is 2.32. The highest BCUT2D eigenvalue weighted by molar-refractivity contribution is 8.14. The standard InChI is InChI=1S/C12H12N4O2S/c17-16(18)10-3-1-2-8(6-10)11-7-19-12(15-14-11)13-9-4-5-9/h1-3,6,9H,4-5,7H2,(H,13,15). The zero-order valence-electron chi connectivity index (χ0n) is 10.1. The molecular weight excluding hydrogens is 264 g/mol. The van der Waals surface area contributed by atoms with E-state index >= 15 is 0 Å². The Hall–Kier alpha value is -1.89. The van der Waals surface area contributed by atoms with E-state index in [4.69, 9.17) is 0 Å². The molecule has 1 saturated carbocycles. The topological polar surface area (TPSA) is 79.9 Å². The number of nitro benzene ring substituents is 1. The summed E-state index contributed by atoms with van der Waals surface area (Å²) in [4.78, 5) is 14.8. The van der Waals surface area contributed by atoms with E-state index in [1.54, 1.807) is 23.9 Å². The molecule has 0 radical (unpaired) electrons. The Labute approximate surface area is 114 Å². The smallest absolute Gasteiger partial charge is 0.258 e. The Morgan fingerprint density at radius 2 is 2.32 bits per heavy atom. The van der Waals surface area contributed by atoms with Crippen molar-refractivity contribution < 1.29 is 4.92 Å². The molecule has 6 nitrogen and oxygen atoms in total. The molecule has 0 aromatic heterocycles. The summed E-state index contributed by atoms with van der Waals surface area (Å²) in [6.45, 7) is 0. The Kier molecular flexibility index (Phi) is 3.20. The zero-order chi connectivity index (χ0) is 13.2. The summed E-state index contributed by atoms with van der Waals surface area (Å²) in [5.74, 6) is 0.680. The molecule has 19 heavy (non-hydrogen) atoms. The van der Waals surface area contributed by atoms with Gasteiger partial charge in [-0.1, -0.05) is 23.9 Å². The summed E-state index contributed by atoms with van der Waals surface area (Å²) >= 11 is 1.59. The summed E-state index contributed by atoms with van der Waals surface area (Å²) < 4.78 is 0. The molecule has 0 bridgehead atoms. The van der Waals surface area contributed by atoms with Gasteiger partial charge in [0.15, 0.2) is 5.17 Å². The molecule has 2 aliphatic rings. The highest BCUT2D eigenvalue weighted by atomic mass is 32.2. The number of benzene rings is 1. The van der Waals surface area contributed by atoms with Crippen LogP contribution in [0.4, 0.5) is 5.69 Å². The molecule has 0 spiro atoms. The lowest BCUT2D eigenvalue weighted by atomic mass is 10.1. The van der Waals surface area contributed by atoms with Crippen molar-refractivity contribution in [3.8, 4) is 0 Å². The maximum atomic E-state index is 10.7. The van der Waals surface area contributed by atoms with Crippen LogP contribution in [0.1, 0.15) is 18.4 Å². The van der Waals surface area contributed by atoms with E-state index in [1.165, 1.54) is 6.07 Å². The maximum Gasteiger partial charge on any atom is 0.270 e. The number of hydrogen-bond donors (Lipinski definition) is 1. The van der Waals surface area contributed by atoms with E-state index in [0.29, 0.717) is 11.8 Å². The number of nitrogens with one attached hydrogen (secondary N) is 1. The van der Waals surface area contributed by atoms with Gasteiger partial charge in [0.1, 0.15) is 0 Å². The number of nitro groups is 1. The third-order valence-electron chi connectivity index (χ3n) is 2.87. The molecule has 0 atom stereocenters. The minimum Gasteiger partial charge on any atom is -0.258 e. The van der Waals surface area contributed by atoms with Crippen LogP contribution in [-0.2, 0) is 0 Å². The molecular formula is C12H12N4O2S. The molecule has 1 aliphatic carbocycles. The Morgan fingerprint density at radius 1 is 1.47 bits per heavy atom. The van der Waals surface area contributed by atoms with Gasteiger partial charge < -0.3 is 0 Å². The first-order valence-corrected chi connectivity index (χ1v) is 6.99. The molecule has 3 rings (SSSR count). The number of amidine groups is 1. The second-order valence-electron chi connectivity index (χ2n) is 4.43. The van der Waals surface area contributed by atoms with Gasteiger partial charge in [-0.2, -0.15) is 5.10 Å². The number of thioether (sulfide) groups is 1. The van der Waals surface area contributed by atoms with Crippen molar-refractivity contribution in [1.82, 2.24) is 5.43 Å². The van der Waals surface area contributed by atoms with Gasteiger partial charge in [0.05, 0.1) is 16.7 Å². The molecule has 1 heterocycles. The number of aliphatic imine (C=N–C) groups is 1. The molecule has 1 aromatic carbocycles. The fourth-order valence-electron chi connectivity index (χ4n) is 1.70. The Morgan fingerprint density at radius 3 is 2.95 bits per heavy atom. The van der Waals surface area contributed by atoms with Gasteiger partial charge in [0.25, 0.3) is 5.69 Å². The number of hydrazone groups is 1. The van der Waals surface area contributed by atoms with Gasteiger partial charge in [0, 0.05) is 23.4 Å². The SMILES string of the molecule is O=[N+]([O-])c1cccc(C2=NNC(=NC3CC3)SC2)c1. The van der Waals surface area contributed by atoms with Gasteiger partial charge in [-0.25, -0.2) is 0 Å². The zero-order valence-corrected chi connectivity index (χ0v) is 10.9. The monoisotopic (exact) mass is 276 g/mol. The van der Waals surface area contributed by atoms with Gasteiger partial charge in [0.2, 0.25) is 0 Å². The molecule has 1 N–H and O–H groups in total. The van der Waals surface area contributed by atoms with Crippen molar-refractivity contribution in [2.24, 2.45) is 10.1 Å². The van der Waals surface area contributed by atoms with Crippen LogP contribution >= 0.6 is 11.8 Å². The first-order valence-electron chi connectivity index (χ1n) is 6.00. The summed E-state index contributed by atoms with van der Waals surface area (Å²) in [7, 11) is 0. The summed E-state index contributed by atoms with van der Waals surface area (Å²) in [6, 6.07) is 6.99. The average molecular weight is 276 g/mol. The van der Waals surface area contributed by atoms with E-state index in [2.05, 4.69) is 15.5 Å². The normalized spacial score (nSPS) is 20.8. The van der Waals surface area contributed by atoms with Gasteiger partial charge in [-0.05, 0) is 12.8 Å². The molecule has 0 unspecified atom stereocenters. The first-order chi connectivity index (χ1) is 9.22. The predicted molar refractivity (Wildman–Crippen MR) is 75.7 cm³/mol. The van der Waals surface area contributed by atoms with Crippen LogP contribution in [0.3, 0.4) is 0 Å². The lowest BCUT2D eigenvalue weighted by Gasteiger charge is -2.14. The minimum atomic E-state index is -0.395. The number of hydrogen-bond acceptors (Lipinski definition) is 5. The van der Waals surface area contributed by atoms with Crippen LogP contribution in [0.5, 0.6) is 0 Å². The van der Waals surface area contributed by atoms with Crippen LogP contribution in [0, 0.1) is 10.1 Å². The number of non-ortho nitro benzene ring substituents is 1. The molecule has 0 amide bonds. The van der Waals surface area contributed by atoms with Crippen LogP contribution in [0.15, 0.2) is 34.4 Å². The molecule has 1 fully saturated rings. The molecule has 7 heteroatoms. The second-order valence-corrected chi connectivity index (χ2v) is 5.40. The van der Waals surface area contributed by atoms with Gasteiger partial charge in [-0.3, -0.25) is 20.5 Å². The van der Waals surface area contributed by atoms with E-state index in [-0.39, 0.29) is 5.69 Å². The number of rotatable bonds is 3. The predicted octanol–water partition coefficient (Wildman–Crippen LogP) is 2.15. The summed E-state index contributed by atoms with van der Waals surface area (Å²) in [5.41, 5.74) is 4.59. The maximum absolute atomic E-state index is 10.7. The van der Waals surface area contributed by atoms with Gasteiger partial charge >= 0.3 is 0 Å². The van der Waals surface area contributed by atoms with Crippen molar-refractivity contribution >= 4 is 28.3 Å².